The first-order valence-corrected chi connectivity index (χ1v) is 5.36. The van der Waals surface area contributed by atoms with Crippen molar-refractivity contribution in [2.24, 2.45) is 0 Å². The van der Waals surface area contributed by atoms with Crippen molar-refractivity contribution in [2.75, 3.05) is 0 Å². The normalized spacial score (nSPS) is 11.6. The van der Waals surface area contributed by atoms with Crippen LogP contribution < -0.4 is 0 Å². The van der Waals surface area contributed by atoms with Crippen LogP contribution >= 0.6 is 0 Å². The maximum Gasteiger partial charge on any atom is 0.416 e. The van der Waals surface area contributed by atoms with Crippen molar-refractivity contribution >= 4 is 5.78 Å². The standard InChI is InChI=1S/C12H9F3N2O2/c1-7(18)11-16-10(17-19-11)6-8-2-4-9(5-3-8)12(13,14)15/h2-5H,6H2,1H3. The average Bonchev–Trinajstić information content (AvgIpc) is 2.77. The molecule has 7 heteroatoms. The third-order valence-corrected chi connectivity index (χ3v) is 2.41. The van der Waals surface area contributed by atoms with Gasteiger partial charge in [-0.2, -0.15) is 18.2 Å². The molecule has 0 amide bonds. The van der Waals surface area contributed by atoms with Gasteiger partial charge in [-0.15, -0.1) is 0 Å². The second-order valence-corrected chi connectivity index (χ2v) is 3.94. The third kappa shape index (κ3) is 3.18. The summed E-state index contributed by atoms with van der Waals surface area (Å²) in [7, 11) is 0. The van der Waals surface area contributed by atoms with E-state index in [2.05, 4.69) is 14.7 Å². The quantitative estimate of drug-likeness (QED) is 0.805. The molecule has 0 spiro atoms. The number of ketones is 1. The van der Waals surface area contributed by atoms with Gasteiger partial charge in [0.15, 0.2) is 5.82 Å². The number of carbonyl (C=O) groups excluding carboxylic acids is 1. The maximum atomic E-state index is 12.4. The lowest BCUT2D eigenvalue weighted by Crippen LogP contribution is -2.04. The molecule has 0 aliphatic rings. The summed E-state index contributed by atoms with van der Waals surface area (Å²) in [5.74, 6) is -0.210. The van der Waals surface area contributed by atoms with E-state index in [1.54, 1.807) is 0 Å². The monoisotopic (exact) mass is 270 g/mol. The van der Waals surface area contributed by atoms with Gasteiger partial charge in [-0.05, 0) is 17.7 Å². The van der Waals surface area contributed by atoms with E-state index in [1.165, 1.54) is 19.1 Å². The first-order chi connectivity index (χ1) is 8.86. The summed E-state index contributed by atoms with van der Waals surface area (Å²) in [6.07, 6.45) is -4.15. The van der Waals surface area contributed by atoms with E-state index in [9.17, 15) is 18.0 Å². The fraction of sp³-hybridized carbons (Fsp3) is 0.250. The van der Waals surface area contributed by atoms with Crippen molar-refractivity contribution in [1.82, 2.24) is 10.1 Å². The van der Waals surface area contributed by atoms with Crippen LogP contribution in [0, 0.1) is 0 Å². The Labute approximate surface area is 106 Å². The van der Waals surface area contributed by atoms with E-state index in [4.69, 9.17) is 0 Å². The highest BCUT2D eigenvalue weighted by molar-refractivity contribution is 5.89. The minimum absolute atomic E-state index is 0.109. The Kier molecular flexibility index (Phi) is 3.37. The van der Waals surface area contributed by atoms with Gasteiger partial charge >= 0.3 is 6.18 Å². The Morgan fingerprint density at radius 1 is 1.26 bits per heavy atom. The predicted molar refractivity (Wildman–Crippen MR) is 58.6 cm³/mol. The highest BCUT2D eigenvalue weighted by atomic mass is 19.4. The van der Waals surface area contributed by atoms with E-state index in [-0.39, 0.29) is 23.9 Å². The molecule has 0 aliphatic heterocycles. The molecule has 19 heavy (non-hydrogen) atoms. The van der Waals surface area contributed by atoms with E-state index in [0.717, 1.165) is 12.1 Å². The topological polar surface area (TPSA) is 56.0 Å². The number of aromatic nitrogens is 2. The summed E-state index contributed by atoms with van der Waals surface area (Å²) >= 11 is 0. The van der Waals surface area contributed by atoms with Crippen molar-refractivity contribution < 1.29 is 22.5 Å². The van der Waals surface area contributed by atoms with Gasteiger partial charge in [0.1, 0.15) is 0 Å². The molecule has 1 aromatic carbocycles. The molecule has 2 rings (SSSR count). The van der Waals surface area contributed by atoms with Gasteiger partial charge in [0, 0.05) is 13.3 Å². The number of halogens is 3. The zero-order chi connectivity index (χ0) is 14.0. The van der Waals surface area contributed by atoms with E-state index >= 15 is 0 Å². The zero-order valence-electron chi connectivity index (χ0n) is 9.86. The number of carbonyl (C=O) groups is 1. The number of nitrogens with zero attached hydrogens (tertiary/aromatic N) is 2. The molecule has 4 nitrogen and oxygen atoms in total. The molecule has 0 aliphatic carbocycles. The smallest absolute Gasteiger partial charge is 0.331 e. The minimum atomic E-state index is -4.35. The van der Waals surface area contributed by atoms with E-state index < -0.39 is 11.7 Å². The summed E-state index contributed by atoms with van der Waals surface area (Å²) in [4.78, 5) is 14.8. The predicted octanol–water partition coefficient (Wildman–Crippen LogP) is 2.88. The highest BCUT2D eigenvalue weighted by Gasteiger charge is 2.29. The Hall–Kier alpha value is -2.18. The fourth-order valence-corrected chi connectivity index (χ4v) is 1.46. The molecule has 100 valence electrons. The molecule has 2 aromatic rings. The second kappa shape index (κ2) is 4.83. The molecule has 0 saturated heterocycles. The van der Waals surface area contributed by atoms with E-state index in [0.29, 0.717) is 5.56 Å². The number of hydrogen-bond acceptors (Lipinski definition) is 4. The number of benzene rings is 1. The van der Waals surface area contributed by atoms with Crippen molar-refractivity contribution in [3.05, 3.63) is 47.1 Å². The lowest BCUT2D eigenvalue weighted by atomic mass is 10.1. The van der Waals surface area contributed by atoms with Gasteiger partial charge in [-0.1, -0.05) is 17.3 Å². The number of alkyl halides is 3. The molecule has 0 N–H and O–H groups in total. The van der Waals surface area contributed by atoms with Crippen LogP contribution in [0.5, 0.6) is 0 Å². The SMILES string of the molecule is CC(=O)c1nc(Cc2ccc(C(F)(F)F)cc2)no1. The van der Waals surface area contributed by atoms with Gasteiger partial charge in [0.05, 0.1) is 5.56 Å². The van der Waals surface area contributed by atoms with Gasteiger partial charge in [0.2, 0.25) is 5.78 Å². The number of rotatable bonds is 3. The molecule has 0 fully saturated rings. The van der Waals surface area contributed by atoms with Crippen LogP contribution in [-0.2, 0) is 12.6 Å². The summed E-state index contributed by atoms with van der Waals surface area (Å²) in [5, 5.41) is 3.57. The van der Waals surface area contributed by atoms with Crippen LogP contribution in [0.2, 0.25) is 0 Å². The van der Waals surface area contributed by atoms with Gasteiger partial charge in [0.25, 0.3) is 5.89 Å². The molecule has 1 heterocycles. The molecule has 0 unspecified atom stereocenters. The summed E-state index contributed by atoms with van der Waals surface area (Å²) < 4.78 is 41.8. The Bertz CT molecular complexity index is 588. The first-order valence-electron chi connectivity index (χ1n) is 5.36. The molecular formula is C12H9F3N2O2. The van der Waals surface area contributed by atoms with Crippen molar-refractivity contribution in [3.63, 3.8) is 0 Å². The third-order valence-electron chi connectivity index (χ3n) is 2.41. The van der Waals surface area contributed by atoms with Crippen LogP contribution in [-0.4, -0.2) is 15.9 Å². The summed E-state index contributed by atoms with van der Waals surface area (Å²) in [5.41, 5.74) is -0.113. The lowest BCUT2D eigenvalue weighted by molar-refractivity contribution is -0.137. The summed E-state index contributed by atoms with van der Waals surface area (Å²) in [6, 6.07) is 4.65. The Morgan fingerprint density at radius 2 is 1.89 bits per heavy atom. The molecule has 0 radical (unpaired) electrons. The average molecular weight is 270 g/mol. The molecular weight excluding hydrogens is 261 g/mol. The Morgan fingerprint density at radius 3 is 2.37 bits per heavy atom. The van der Waals surface area contributed by atoms with Crippen molar-refractivity contribution in [3.8, 4) is 0 Å². The van der Waals surface area contributed by atoms with Crippen LogP contribution in [0.15, 0.2) is 28.8 Å². The highest BCUT2D eigenvalue weighted by Crippen LogP contribution is 2.29. The van der Waals surface area contributed by atoms with Gasteiger partial charge in [-0.25, -0.2) is 0 Å². The van der Waals surface area contributed by atoms with Gasteiger partial charge < -0.3 is 4.52 Å². The molecule has 1 aromatic heterocycles. The summed E-state index contributed by atoms with van der Waals surface area (Å²) in [6.45, 7) is 1.29. The molecule has 0 bridgehead atoms. The van der Waals surface area contributed by atoms with E-state index in [1.807, 2.05) is 0 Å². The van der Waals surface area contributed by atoms with Crippen LogP contribution in [0.4, 0.5) is 13.2 Å². The van der Waals surface area contributed by atoms with Crippen LogP contribution in [0.25, 0.3) is 0 Å². The number of hydrogen-bond donors (Lipinski definition) is 0. The molecule has 0 saturated carbocycles. The zero-order valence-corrected chi connectivity index (χ0v) is 9.86. The molecule has 0 atom stereocenters. The van der Waals surface area contributed by atoms with Crippen LogP contribution in [0.3, 0.4) is 0 Å². The van der Waals surface area contributed by atoms with Gasteiger partial charge in [-0.3, -0.25) is 4.79 Å². The lowest BCUT2D eigenvalue weighted by Gasteiger charge is -2.06. The fourth-order valence-electron chi connectivity index (χ4n) is 1.46. The van der Waals surface area contributed by atoms with Crippen molar-refractivity contribution in [2.45, 2.75) is 19.5 Å². The number of Topliss-reactive ketones (excluding diaryl/α,β-unsaturated/α-hetero) is 1. The largest absolute Gasteiger partial charge is 0.416 e. The van der Waals surface area contributed by atoms with Crippen LogP contribution in [0.1, 0.15) is 34.6 Å². The maximum absolute atomic E-state index is 12.4. The van der Waals surface area contributed by atoms with Crippen molar-refractivity contribution in [1.29, 1.82) is 0 Å². The Balaban J connectivity index is 2.13. The first kappa shape index (κ1) is 13.3. The second-order valence-electron chi connectivity index (χ2n) is 3.94. The minimum Gasteiger partial charge on any atom is -0.331 e.